The van der Waals surface area contributed by atoms with Gasteiger partial charge in [-0.1, -0.05) is 6.07 Å². The van der Waals surface area contributed by atoms with Gasteiger partial charge in [0.1, 0.15) is 17.1 Å². The zero-order valence-electron chi connectivity index (χ0n) is 16.0. The van der Waals surface area contributed by atoms with Gasteiger partial charge in [-0.15, -0.1) is 0 Å². The SMILES string of the molecule is COc1ccc(CN2CCN(c3nc4cc(C)ncc4nc3N)CC2)c(F)c1. The first kappa shape index (κ1) is 18.4. The number of nitrogen functional groups attached to an aromatic ring is 1. The number of halogens is 1. The molecule has 1 saturated heterocycles. The van der Waals surface area contributed by atoms with Crippen LogP contribution in [0.4, 0.5) is 16.0 Å². The third-order valence-corrected chi connectivity index (χ3v) is 5.02. The first-order valence-corrected chi connectivity index (χ1v) is 9.23. The average molecular weight is 382 g/mol. The molecule has 0 saturated carbocycles. The molecule has 1 aliphatic rings. The summed E-state index contributed by atoms with van der Waals surface area (Å²) in [6, 6.07) is 6.91. The van der Waals surface area contributed by atoms with Crippen molar-refractivity contribution in [1.82, 2.24) is 19.9 Å². The lowest BCUT2D eigenvalue weighted by molar-refractivity contribution is 0.246. The number of fused-ring (bicyclic) bond motifs is 1. The summed E-state index contributed by atoms with van der Waals surface area (Å²) in [4.78, 5) is 17.8. The predicted molar refractivity (Wildman–Crippen MR) is 107 cm³/mol. The minimum Gasteiger partial charge on any atom is -0.497 e. The summed E-state index contributed by atoms with van der Waals surface area (Å²) in [5, 5.41) is 0. The number of rotatable bonds is 4. The molecule has 28 heavy (non-hydrogen) atoms. The predicted octanol–water partition coefficient (Wildman–Crippen LogP) is 2.39. The van der Waals surface area contributed by atoms with Crippen LogP contribution in [0.15, 0.2) is 30.5 Å². The molecule has 7 nitrogen and oxygen atoms in total. The van der Waals surface area contributed by atoms with Crippen molar-refractivity contribution < 1.29 is 9.13 Å². The standard InChI is InChI=1S/C20H23FN6O/c1-13-9-17-18(11-23-13)24-19(22)20(25-17)27-7-5-26(6-8-27)12-14-3-4-15(28-2)10-16(14)21/h3-4,9-11H,5-8,12H2,1-2H3,(H2,22,24). The summed E-state index contributed by atoms with van der Waals surface area (Å²) >= 11 is 0. The fourth-order valence-corrected chi connectivity index (χ4v) is 3.44. The number of methoxy groups -OCH3 is 1. The van der Waals surface area contributed by atoms with Gasteiger partial charge in [-0.2, -0.15) is 0 Å². The Labute approximate surface area is 163 Å². The van der Waals surface area contributed by atoms with Gasteiger partial charge < -0.3 is 15.4 Å². The van der Waals surface area contributed by atoms with E-state index in [0.29, 0.717) is 35.0 Å². The van der Waals surface area contributed by atoms with Crippen LogP contribution in [-0.4, -0.2) is 53.1 Å². The molecule has 0 unspecified atom stereocenters. The van der Waals surface area contributed by atoms with E-state index in [1.54, 1.807) is 18.3 Å². The van der Waals surface area contributed by atoms with E-state index >= 15 is 0 Å². The number of benzene rings is 1. The maximum absolute atomic E-state index is 14.2. The van der Waals surface area contributed by atoms with E-state index in [9.17, 15) is 4.39 Å². The van der Waals surface area contributed by atoms with Gasteiger partial charge in [-0.25, -0.2) is 14.4 Å². The molecule has 0 radical (unpaired) electrons. The van der Waals surface area contributed by atoms with Crippen LogP contribution in [0.1, 0.15) is 11.3 Å². The third-order valence-electron chi connectivity index (χ3n) is 5.02. The van der Waals surface area contributed by atoms with Gasteiger partial charge in [0.15, 0.2) is 11.6 Å². The van der Waals surface area contributed by atoms with E-state index in [-0.39, 0.29) is 5.82 Å². The highest BCUT2D eigenvalue weighted by atomic mass is 19.1. The van der Waals surface area contributed by atoms with E-state index in [2.05, 4.69) is 19.8 Å². The Bertz CT molecular complexity index is 1000. The zero-order valence-corrected chi connectivity index (χ0v) is 16.0. The Morgan fingerprint density at radius 2 is 1.89 bits per heavy atom. The molecule has 0 spiro atoms. The number of hydrogen-bond acceptors (Lipinski definition) is 7. The molecule has 0 aliphatic carbocycles. The number of hydrogen-bond donors (Lipinski definition) is 1. The highest BCUT2D eigenvalue weighted by Crippen LogP contribution is 2.24. The molecule has 3 aromatic rings. The molecule has 0 atom stereocenters. The molecular formula is C20H23FN6O. The molecule has 2 aromatic heterocycles. The van der Waals surface area contributed by atoms with Gasteiger partial charge in [0.05, 0.1) is 18.8 Å². The summed E-state index contributed by atoms with van der Waals surface area (Å²) in [6.45, 7) is 5.58. The fourth-order valence-electron chi connectivity index (χ4n) is 3.44. The van der Waals surface area contributed by atoms with Crippen LogP contribution in [0.25, 0.3) is 11.0 Å². The Kier molecular flexibility index (Phi) is 4.95. The number of piperazine rings is 1. The minimum absolute atomic E-state index is 0.240. The number of ether oxygens (including phenoxy) is 1. The van der Waals surface area contributed by atoms with Crippen LogP contribution in [0, 0.1) is 12.7 Å². The van der Waals surface area contributed by atoms with E-state index in [1.165, 1.54) is 13.2 Å². The highest BCUT2D eigenvalue weighted by Gasteiger charge is 2.22. The van der Waals surface area contributed by atoms with E-state index in [1.807, 2.05) is 13.0 Å². The van der Waals surface area contributed by atoms with Gasteiger partial charge in [0, 0.05) is 50.0 Å². The van der Waals surface area contributed by atoms with Gasteiger partial charge in [0.25, 0.3) is 0 Å². The van der Waals surface area contributed by atoms with Crippen molar-refractivity contribution in [1.29, 1.82) is 0 Å². The lowest BCUT2D eigenvalue weighted by Gasteiger charge is -2.35. The smallest absolute Gasteiger partial charge is 0.172 e. The van der Waals surface area contributed by atoms with Crippen LogP contribution in [-0.2, 0) is 6.54 Å². The Balaban J connectivity index is 1.45. The minimum atomic E-state index is -0.240. The second-order valence-electron chi connectivity index (χ2n) is 6.97. The first-order valence-electron chi connectivity index (χ1n) is 9.23. The van der Waals surface area contributed by atoms with Crippen molar-refractivity contribution >= 4 is 22.7 Å². The van der Waals surface area contributed by atoms with Crippen LogP contribution < -0.4 is 15.4 Å². The number of aryl methyl sites for hydroxylation is 1. The lowest BCUT2D eigenvalue weighted by atomic mass is 10.1. The number of pyridine rings is 1. The molecular weight excluding hydrogens is 359 g/mol. The highest BCUT2D eigenvalue weighted by molar-refractivity contribution is 5.79. The Morgan fingerprint density at radius 1 is 1.11 bits per heavy atom. The summed E-state index contributed by atoms with van der Waals surface area (Å²) in [5.74, 6) is 1.40. The van der Waals surface area contributed by atoms with E-state index in [0.717, 1.165) is 37.4 Å². The van der Waals surface area contributed by atoms with Crippen molar-refractivity contribution in [3.8, 4) is 5.75 Å². The Hall–Kier alpha value is -3.00. The molecule has 0 amide bonds. The van der Waals surface area contributed by atoms with Crippen LogP contribution in [0.3, 0.4) is 0 Å². The van der Waals surface area contributed by atoms with Crippen LogP contribution in [0.2, 0.25) is 0 Å². The second kappa shape index (κ2) is 7.55. The summed E-state index contributed by atoms with van der Waals surface area (Å²) < 4.78 is 19.3. The monoisotopic (exact) mass is 382 g/mol. The van der Waals surface area contributed by atoms with E-state index < -0.39 is 0 Å². The Morgan fingerprint density at radius 3 is 2.61 bits per heavy atom. The second-order valence-corrected chi connectivity index (χ2v) is 6.97. The third kappa shape index (κ3) is 3.68. The maximum atomic E-state index is 14.2. The summed E-state index contributed by atoms with van der Waals surface area (Å²) in [5.41, 5.74) is 9.19. The maximum Gasteiger partial charge on any atom is 0.172 e. The average Bonchev–Trinajstić information content (AvgIpc) is 2.70. The van der Waals surface area contributed by atoms with Crippen molar-refractivity contribution in [2.45, 2.75) is 13.5 Å². The molecule has 1 fully saturated rings. The van der Waals surface area contributed by atoms with Gasteiger partial charge in [-0.3, -0.25) is 9.88 Å². The van der Waals surface area contributed by atoms with Crippen LogP contribution in [0.5, 0.6) is 5.75 Å². The number of nitrogens with zero attached hydrogens (tertiary/aromatic N) is 5. The topological polar surface area (TPSA) is 80.4 Å². The normalized spacial score (nSPS) is 15.2. The quantitative estimate of drug-likeness (QED) is 0.742. The van der Waals surface area contributed by atoms with Crippen molar-refractivity contribution in [3.63, 3.8) is 0 Å². The van der Waals surface area contributed by atoms with Gasteiger partial charge in [0.2, 0.25) is 0 Å². The van der Waals surface area contributed by atoms with E-state index in [4.69, 9.17) is 15.5 Å². The molecule has 4 rings (SSSR count). The van der Waals surface area contributed by atoms with Gasteiger partial charge in [-0.05, 0) is 19.1 Å². The zero-order chi connectivity index (χ0) is 19.7. The molecule has 1 aromatic carbocycles. The first-order chi connectivity index (χ1) is 13.5. The molecule has 3 heterocycles. The summed E-state index contributed by atoms with van der Waals surface area (Å²) in [6.07, 6.45) is 1.69. The largest absolute Gasteiger partial charge is 0.497 e. The lowest BCUT2D eigenvalue weighted by Crippen LogP contribution is -2.46. The molecule has 8 heteroatoms. The van der Waals surface area contributed by atoms with Crippen molar-refractivity contribution in [2.75, 3.05) is 43.9 Å². The molecule has 146 valence electrons. The molecule has 0 bridgehead atoms. The number of nitrogens with two attached hydrogens (primary N) is 1. The number of anilines is 2. The number of aromatic nitrogens is 3. The molecule has 1 aliphatic heterocycles. The molecule has 2 N–H and O–H groups in total. The van der Waals surface area contributed by atoms with Crippen molar-refractivity contribution in [2.24, 2.45) is 0 Å². The van der Waals surface area contributed by atoms with Gasteiger partial charge >= 0.3 is 0 Å². The summed E-state index contributed by atoms with van der Waals surface area (Å²) in [7, 11) is 1.53. The fraction of sp³-hybridized carbons (Fsp3) is 0.350. The van der Waals surface area contributed by atoms with Crippen molar-refractivity contribution in [3.05, 3.63) is 47.5 Å². The van der Waals surface area contributed by atoms with Crippen LogP contribution >= 0.6 is 0 Å².